The van der Waals surface area contributed by atoms with Gasteiger partial charge in [0, 0.05) is 20.6 Å². The van der Waals surface area contributed by atoms with Crippen molar-refractivity contribution in [1.29, 1.82) is 0 Å². The minimum absolute atomic E-state index is 0.136. The number of carbonyl (C=O) groups excluding carboxylic acids is 2. The van der Waals surface area contributed by atoms with Crippen molar-refractivity contribution < 1.29 is 33.3 Å². The van der Waals surface area contributed by atoms with E-state index in [0.717, 1.165) is 10.0 Å². The number of hydrogen-bond donors (Lipinski definition) is 0. The summed E-state index contributed by atoms with van der Waals surface area (Å²) in [5.74, 6) is 0.0286. The average molecular weight is 756 g/mol. The second-order valence-electron chi connectivity index (χ2n) is 10.4. The van der Waals surface area contributed by atoms with Crippen molar-refractivity contribution in [3.8, 4) is 17.2 Å². The molecule has 0 unspecified atom stereocenters. The number of aromatic nitrogens is 1. The zero-order valence-corrected chi connectivity index (χ0v) is 29.7. The van der Waals surface area contributed by atoms with Gasteiger partial charge in [-0.15, -0.1) is 0 Å². The number of nitrogens with zero attached hydrogens (tertiary/aromatic N) is 2. The van der Waals surface area contributed by atoms with Gasteiger partial charge in [0.1, 0.15) is 12.4 Å². The van der Waals surface area contributed by atoms with Gasteiger partial charge in [-0.3, -0.25) is 9.36 Å². The van der Waals surface area contributed by atoms with Crippen molar-refractivity contribution in [2.24, 2.45) is 4.99 Å². The summed E-state index contributed by atoms with van der Waals surface area (Å²) in [5, 5.41) is 0.591. The van der Waals surface area contributed by atoms with Crippen molar-refractivity contribution in [2.75, 3.05) is 26.9 Å². The van der Waals surface area contributed by atoms with E-state index in [2.05, 4.69) is 25.7 Å². The zero-order chi connectivity index (χ0) is 34.4. The SMILES string of the molecule is CCOC(=O)C1=C(C)N=c2s/c(=C\c3cc(Br)ccc3OCc3ccccc3Cl)c(=O)n2[C@@H]1c1ccc(OCC(=O)OC)c(OCC)c1. The van der Waals surface area contributed by atoms with Crippen molar-refractivity contribution in [3.63, 3.8) is 0 Å². The molecule has 0 amide bonds. The number of carbonyl (C=O) groups is 2. The van der Waals surface area contributed by atoms with Gasteiger partial charge in [-0.1, -0.05) is 63.1 Å². The Bertz CT molecular complexity index is 2070. The summed E-state index contributed by atoms with van der Waals surface area (Å²) in [7, 11) is 1.27. The monoisotopic (exact) mass is 754 g/mol. The van der Waals surface area contributed by atoms with E-state index in [1.807, 2.05) is 43.3 Å². The number of thiazole rings is 1. The molecule has 1 aliphatic heterocycles. The lowest BCUT2D eigenvalue weighted by Crippen LogP contribution is -2.40. The molecule has 0 radical (unpaired) electrons. The Morgan fingerprint density at radius 2 is 1.77 bits per heavy atom. The Balaban J connectivity index is 1.62. The van der Waals surface area contributed by atoms with Crippen LogP contribution < -0.4 is 29.1 Å². The molecule has 250 valence electrons. The fraction of sp³-hybridized carbons (Fsp3) is 0.257. The lowest BCUT2D eigenvalue weighted by Gasteiger charge is -2.25. The predicted octanol–water partition coefficient (Wildman–Crippen LogP) is 5.74. The molecule has 0 saturated heterocycles. The number of benzene rings is 3. The van der Waals surface area contributed by atoms with Crippen LogP contribution in [-0.2, 0) is 25.7 Å². The summed E-state index contributed by atoms with van der Waals surface area (Å²) in [6, 6.07) is 17.1. The Morgan fingerprint density at radius 3 is 2.50 bits per heavy atom. The highest BCUT2D eigenvalue weighted by Crippen LogP contribution is 2.36. The number of methoxy groups -OCH3 is 1. The minimum Gasteiger partial charge on any atom is -0.490 e. The van der Waals surface area contributed by atoms with Gasteiger partial charge < -0.3 is 23.7 Å². The third-order valence-electron chi connectivity index (χ3n) is 7.27. The Kier molecular flexibility index (Phi) is 11.4. The lowest BCUT2D eigenvalue weighted by atomic mass is 9.95. The molecule has 10 nitrogen and oxygen atoms in total. The molecule has 0 aliphatic carbocycles. The van der Waals surface area contributed by atoms with Crippen LogP contribution in [0.1, 0.15) is 43.5 Å². The molecule has 0 saturated carbocycles. The molecule has 1 atom stereocenters. The Hall–Kier alpha value is -4.39. The number of esters is 2. The van der Waals surface area contributed by atoms with Gasteiger partial charge in [0.2, 0.25) is 0 Å². The maximum atomic E-state index is 14.3. The van der Waals surface area contributed by atoms with E-state index in [1.165, 1.54) is 23.0 Å². The number of fused-ring (bicyclic) bond motifs is 1. The van der Waals surface area contributed by atoms with E-state index in [-0.39, 0.29) is 31.0 Å². The fourth-order valence-corrected chi connectivity index (χ4v) is 6.67. The molecule has 3 aromatic carbocycles. The van der Waals surface area contributed by atoms with Crippen molar-refractivity contribution >= 4 is 56.9 Å². The van der Waals surface area contributed by atoms with Crippen LogP contribution in [0, 0.1) is 0 Å². The highest BCUT2D eigenvalue weighted by molar-refractivity contribution is 9.10. The molecule has 48 heavy (non-hydrogen) atoms. The normalized spacial score (nSPS) is 14.2. The summed E-state index contributed by atoms with van der Waals surface area (Å²) in [5.41, 5.74) is 2.31. The Labute approximate surface area is 294 Å². The quantitative estimate of drug-likeness (QED) is 0.168. The van der Waals surface area contributed by atoms with Crippen LogP contribution in [-0.4, -0.2) is 43.4 Å². The summed E-state index contributed by atoms with van der Waals surface area (Å²) in [6.45, 7) is 5.57. The second-order valence-corrected chi connectivity index (χ2v) is 12.7. The van der Waals surface area contributed by atoms with Gasteiger partial charge in [-0.25, -0.2) is 14.6 Å². The molecule has 13 heteroatoms. The summed E-state index contributed by atoms with van der Waals surface area (Å²) in [4.78, 5) is 44.5. The van der Waals surface area contributed by atoms with E-state index in [1.54, 1.807) is 44.2 Å². The van der Waals surface area contributed by atoms with Gasteiger partial charge in [0.15, 0.2) is 22.9 Å². The lowest BCUT2D eigenvalue weighted by molar-refractivity contribution is -0.143. The van der Waals surface area contributed by atoms with E-state index >= 15 is 0 Å². The van der Waals surface area contributed by atoms with Crippen LogP contribution >= 0.6 is 38.9 Å². The smallest absolute Gasteiger partial charge is 0.343 e. The van der Waals surface area contributed by atoms with Gasteiger partial charge in [-0.05, 0) is 68.8 Å². The molecule has 1 aliphatic rings. The van der Waals surface area contributed by atoms with Gasteiger partial charge in [0.25, 0.3) is 5.56 Å². The first kappa shape index (κ1) is 34.9. The average Bonchev–Trinajstić information content (AvgIpc) is 3.37. The number of ether oxygens (including phenoxy) is 5. The topological polar surface area (TPSA) is 115 Å². The van der Waals surface area contributed by atoms with Crippen LogP contribution in [0.25, 0.3) is 6.08 Å². The third-order valence-corrected chi connectivity index (χ3v) is 9.12. The van der Waals surface area contributed by atoms with E-state index in [4.69, 9.17) is 30.5 Å². The van der Waals surface area contributed by atoms with Crippen LogP contribution in [0.4, 0.5) is 0 Å². The van der Waals surface area contributed by atoms with E-state index < -0.39 is 18.0 Å². The Morgan fingerprint density at radius 1 is 1.00 bits per heavy atom. The molecule has 5 rings (SSSR count). The van der Waals surface area contributed by atoms with Crippen LogP contribution in [0.15, 0.2) is 86.2 Å². The highest BCUT2D eigenvalue weighted by atomic mass is 79.9. The number of hydrogen-bond acceptors (Lipinski definition) is 10. The summed E-state index contributed by atoms with van der Waals surface area (Å²) in [6.07, 6.45) is 1.74. The maximum Gasteiger partial charge on any atom is 0.343 e. The third kappa shape index (κ3) is 7.67. The molecule has 1 aromatic heterocycles. The molecule has 0 fully saturated rings. The van der Waals surface area contributed by atoms with Gasteiger partial charge in [-0.2, -0.15) is 0 Å². The first-order valence-corrected chi connectivity index (χ1v) is 17.0. The summed E-state index contributed by atoms with van der Waals surface area (Å²) < 4.78 is 30.4. The fourth-order valence-electron chi connectivity index (χ4n) is 5.06. The molecular weight excluding hydrogens is 724 g/mol. The van der Waals surface area contributed by atoms with Crippen LogP contribution in [0.3, 0.4) is 0 Å². The first-order valence-electron chi connectivity index (χ1n) is 15.0. The highest BCUT2D eigenvalue weighted by Gasteiger charge is 2.34. The molecule has 2 heterocycles. The standard InChI is InChI=1S/C35H32BrClN2O8S/c1-5-44-28-16-21(11-13-27(28)47-19-30(40)43-4)32-31(34(42)45-6-2)20(3)38-35-39(32)33(41)29(48-35)17-23-15-24(36)12-14-26(23)46-18-22-9-7-8-10-25(22)37/h7-17,32H,5-6,18-19H2,1-4H3/b29-17-/t32-/m1/s1. The maximum absolute atomic E-state index is 14.3. The van der Waals surface area contributed by atoms with E-state index in [0.29, 0.717) is 55.0 Å². The number of rotatable bonds is 12. The minimum atomic E-state index is -0.894. The number of halogens is 2. The number of allylic oxidation sites excluding steroid dienone is 1. The first-order chi connectivity index (χ1) is 23.1. The molecular formula is C35H32BrClN2O8S. The van der Waals surface area contributed by atoms with Crippen molar-refractivity contribution in [2.45, 2.75) is 33.4 Å². The van der Waals surface area contributed by atoms with E-state index in [9.17, 15) is 14.4 Å². The molecule has 0 spiro atoms. The zero-order valence-electron chi connectivity index (χ0n) is 26.6. The van der Waals surface area contributed by atoms with Crippen molar-refractivity contribution in [1.82, 2.24) is 4.57 Å². The van der Waals surface area contributed by atoms with Gasteiger partial charge >= 0.3 is 11.9 Å². The van der Waals surface area contributed by atoms with Crippen molar-refractivity contribution in [3.05, 3.63) is 118 Å². The largest absolute Gasteiger partial charge is 0.490 e. The predicted molar refractivity (Wildman–Crippen MR) is 185 cm³/mol. The summed E-state index contributed by atoms with van der Waals surface area (Å²) >= 11 is 11.1. The van der Waals surface area contributed by atoms with Crippen LogP contribution in [0.2, 0.25) is 5.02 Å². The molecule has 0 N–H and O–H groups in total. The van der Waals surface area contributed by atoms with Gasteiger partial charge in [0.05, 0.1) is 42.2 Å². The van der Waals surface area contributed by atoms with Crippen LogP contribution in [0.5, 0.6) is 17.2 Å². The molecule has 0 bridgehead atoms. The second kappa shape index (κ2) is 15.7. The molecule has 4 aromatic rings.